The number of fused-ring (bicyclic) bond motifs is 1. The number of carbonyl (C=O) groups excluding carboxylic acids is 2. The first-order valence-corrected chi connectivity index (χ1v) is 11.2. The summed E-state index contributed by atoms with van der Waals surface area (Å²) < 4.78 is 16.9. The van der Waals surface area contributed by atoms with E-state index in [4.69, 9.17) is 14.2 Å². The second kappa shape index (κ2) is 10.0. The Labute approximate surface area is 188 Å². The van der Waals surface area contributed by atoms with E-state index in [1.807, 2.05) is 18.2 Å². The fraction of sp³-hybridized carbons (Fsp3) is 0.440. The maximum absolute atomic E-state index is 11.7. The summed E-state index contributed by atoms with van der Waals surface area (Å²) in [6.07, 6.45) is 2.54. The Morgan fingerprint density at radius 3 is 2.62 bits per heavy atom. The highest BCUT2D eigenvalue weighted by Crippen LogP contribution is 2.31. The fourth-order valence-corrected chi connectivity index (χ4v) is 4.22. The molecule has 0 aliphatic carbocycles. The average molecular weight is 439 g/mol. The van der Waals surface area contributed by atoms with Gasteiger partial charge in [0, 0.05) is 31.8 Å². The summed E-state index contributed by atoms with van der Waals surface area (Å²) in [5, 5.41) is 3.64. The summed E-state index contributed by atoms with van der Waals surface area (Å²) in [6.45, 7) is 4.13. The van der Waals surface area contributed by atoms with Crippen LogP contribution in [0.15, 0.2) is 36.4 Å². The second-order valence-electron chi connectivity index (χ2n) is 8.08. The van der Waals surface area contributed by atoms with Crippen LogP contribution in [0.3, 0.4) is 0 Å². The van der Waals surface area contributed by atoms with Gasteiger partial charge in [0.05, 0.1) is 20.3 Å². The molecule has 2 aliphatic heterocycles. The molecule has 0 bridgehead atoms. The first kappa shape index (κ1) is 22.1. The molecule has 2 aliphatic rings. The molecule has 7 heteroatoms. The van der Waals surface area contributed by atoms with Crippen molar-refractivity contribution in [1.29, 1.82) is 0 Å². The lowest BCUT2D eigenvalue weighted by atomic mass is 10.0. The molecule has 4 rings (SSSR count). The van der Waals surface area contributed by atoms with E-state index in [-0.39, 0.29) is 31.0 Å². The van der Waals surface area contributed by atoms with Crippen LogP contribution >= 0.6 is 0 Å². The Kier molecular flexibility index (Phi) is 6.95. The van der Waals surface area contributed by atoms with E-state index in [1.165, 1.54) is 16.0 Å². The van der Waals surface area contributed by atoms with Crippen LogP contribution in [0.4, 0.5) is 0 Å². The van der Waals surface area contributed by atoms with Gasteiger partial charge in [0.15, 0.2) is 11.5 Å². The van der Waals surface area contributed by atoms with Gasteiger partial charge in [0.1, 0.15) is 12.4 Å². The topological polar surface area (TPSA) is 77.1 Å². The second-order valence-corrected chi connectivity index (χ2v) is 8.08. The largest absolute Gasteiger partial charge is 0.493 e. The number of carbonyl (C=O) groups is 2. The van der Waals surface area contributed by atoms with Crippen molar-refractivity contribution in [2.45, 2.75) is 45.2 Å². The molecule has 2 aromatic carbocycles. The van der Waals surface area contributed by atoms with Crippen LogP contribution in [0.2, 0.25) is 0 Å². The predicted octanol–water partition coefficient (Wildman–Crippen LogP) is 3.40. The molecule has 1 N–H and O–H groups in total. The number of rotatable bonds is 10. The van der Waals surface area contributed by atoms with Crippen molar-refractivity contribution < 1.29 is 23.8 Å². The molecule has 1 atom stereocenters. The molecule has 1 unspecified atom stereocenters. The lowest BCUT2D eigenvalue weighted by Gasteiger charge is -2.19. The zero-order valence-corrected chi connectivity index (χ0v) is 18.7. The van der Waals surface area contributed by atoms with Crippen LogP contribution in [0.25, 0.3) is 0 Å². The third kappa shape index (κ3) is 4.88. The summed E-state index contributed by atoms with van der Waals surface area (Å²) in [7, 11) is 1.61. The molecule has 1 saturated heterocycles. The molecule has 2 aromatic rings. The van der Waals surface area contributed by atoms with Gasteiger partial charge in [-0.15, -0.1) is 0 Å². The monoisotopic (exact) mass is 438 g/mol. The van der Waals surface area contributed by atoms with Crippen molar-refractivity contribution in [3.8, 4) is 17.2 Å². The summed E-state index contributed by atoms with van der Waals surface area (Å²) in [5.74, 6) is 1.97. The van der Waals surface area contributed by atoms with Crippen LogP contribution < -0.4 is 19.5 Å². The highest BCUT2D eigenvalue weighted by Gasteiger charge is 2.28. The summed E-state index contributed by atoms with van der Waals surface area (Å²) in [6, 6.07) is 12.5. The van der Waals surface area contributed by atoms with E-state index in [0.29, 0.717) is 30.9 Å². The fourth-order valence-electron chi connectivity index (χ4n) is 4.22. The maximum atomic E-state index is 11.7. The van der Waals surface area contributed by atoms with E-state index in [9.17, 15) is 9.59 Å². The van der Waals surface area contributed by atoms with Gasteiger partial charge in [-0.1, -0.05) is 25.1 Å². The van der Waals surface area contributed by atoms with Crippen molar-refractivity contribution >= 4 is 11.8 Å². The van der Waals surface area contributed by atoms with Crippen molar-refractivity contribution in [2.24, 2.45) is 0 Å². The summed E-state index contributed by atoms with van der Waals surface area (Å²) >= 11 is 0. The minimum absolute atomic E-state index is 0.131. The highest BCUT2D eigenvalue weighted by atomic mass is 16.5. The standard InChI is InChI=1S/C25H30N2O5/c1-3-20(18-5-7-21-19(15-18)10-12-31-21)26-16-17-4-6-22(23(14-17)30-2)32-13-11-27-24(28)8-9-25(27)29/h4-7,14-15,20,26H,3,8-13,16H2,1-2H3. The minimum Gasteiger partial charge on any atom is -0.493 e. The summed E-state index contributed by atoms with van der Waals surface area (Å²) in [4.78, 5) is 24.7. The predicted molar refractivity (Wildman–Crippen MR) is 120 cm³/mol. The van der Waals surface area contributed by atoms with Gasteiger partial charge in [0.25, 0.3) is 0 Å². The molecule has 170 valence electrons. The molecule has 0 aromatic heterocycles. The van der Waals surface area contributed by atoms with Gasteiger partial charge in [-0.3, -0.25) is 14.5 Å². The molecular formula is C25H30N2O5. The Balaban J connectivity index is 1.34. The minimum atomic E-state index is -0.131. The quantitative estimate of drug-likeness (QED) is 0.573. The third-order valence-corrected chi connectivity index (χ3v) is 6.03. The average Bonchev–Trinajstić information content (AvgIpc) is 3.41. The molecule has 2 amide bonds. The van der Waals surface area contributed by atoms with Gasteiger partial charge < -0.3 is 19.5 Å². The van der Waals surface area contributed by atoms with E-state index >= 15 is 0 Å². The summed E-state index contributed by atoms with van der Waals surface area (Å²) in [5.41, 5.74) is 3.64. The van der Waals surface area contributed by atoms with Crippen molar-refractivity contribution in [3.63, 3.8) is 0 Å². The molecule has 2 heterocycles. The van der Waals surface area contributed by atoms with Crippen molar-refractivity contribution in [2.75, 3.05) is 26.9 Å². The Morgan fingerprint density at radius 2 is 1.88 bits per heavy atom. The first-order chi connectivity index (χ1) is 15.6. The molecule has 0 saturated carbocycles. The third-order valence-electron chi connectivity index (χ3n) is 6.03. The van der Waals surface area contributed by atoms with Crippen LogP contribution in [0, 0.1) is 0 Å². The molecular weight excluding hydrogens is 408 g/mol. The number of nitrogens with zero attached hydrogens (tertiary/aromatic N) is 1. The number of hydrogen-bond donors (Lipinski definition) is 1. The Morgan fingerprint density at radius 1 is 1.06 bits per heavy atom. The van der Waals surface area contributed by atoms with Crippen molar-refractivity contribution in [3.05, 3.63) is 53.1 Å². The maximum Gasteiger partial charge on any atom is 0.229 e. The van der Waals surface area contributed by atoms with E-state index in [1.54, 1.807) is 7.11 Å². The smallest absolute Gasteiger partial charge is 0.229 e. The van der Waals surface area contributed by atoms with Gasteiger partial charge in [0.2, 0.25) is 11.8 Å². The molecule has 0 spiro atoms. The molecule has 1 fully saturated rings. The number of imide groups is 1. The number of amides is 2. The first-order valence-electron chi connectivity index (χ1n) is 11.2. The van der Waals surface area contributed by atoms with Gasteiger partial charge in [-0.05, 0) is 41.3 Å². The highest BCUT2D eigenvalue weighted by molar-refractivity contribution is 6.01. The number of nitrogens with one attached hydrogen (secondary N) is 1. The number of benzene rings is 2. The van der Waals surface area contributed by atoms with Gasteiger partial charge >= 0.3 is 0 Å². The lowest BCUT2D eigenvalue weighted by molar-refractivity contribution is -0.138. The Hall–Kier alpha value is -3.06. The van der Waals surface area contributed by atoms with Crippen LogP contribution in [0.1, 0.15) is 48.9 Å². The van der Waals surface area contributed by atoms with E-state index < -0.39 is 0 Å². The van der Waals surface area contributed by atoms with Crippen LogP contribution in [-0.4, -0.2) is 43.6 Å². The number of hydrogen-bond acceptors (Lipinski definition) is 6. The SMILES string of the molecule is CCC(NCc1ccc(OCCN2C(=O)CCC2=O)c(OC)c1)c1ccc2c(c1)CCO2. The molecule has 7 nitrogen and oxygen atoms in total. The molecule has 0 radical (unpaired) electrons. The van der Waals surface area contributed by atoms with Gasteiger partial charge in [-0.25, -0.2) is 0 Å². The molecule has 32 heavy (non-hydrogen) atoms. The van der Waals surface area contributed by atoms with Gasteiger partial charge in [-0.2, -0.15) is 0 Å². The zero-order valence-electron chi connectivity index (χ0n) is 18.7. The van der Waals surface area contributed by atoms with E-state index in [2.05, 4.69) is 30.4 Å². The van der Waals surface area contributed by atoms with Crippen molar-refractivity contribution in [1.82, 2.24) is 10.2 Å². The van der Waals surface area contributed by atoms with E-state index in [0.717, 1.165) is 30.8 Å². The zero-order chi connectivity index (χ0) is 22.5. The lowest BCUT2D eigenvalue weighted by Crippen LogP contribution is -2.33. The van der Waals surface area contributed by atoms with Crippen LogP contribution in [-0.2, 0) is 22.6 Å². The van der Waals surface area contributed by atoms with Crippen LogP contribution in [0.5, 0.6) is 17.2 Å². The normalized spacial score (nSPS) is 16.1. The Bertz CT molecular complexity index is 974. The number of ether oxygens (including phenoxy) is 3. The number of methoxy groups -OCH3 is 1. The number of likely N-dealkylation sites (tertiary alicyclic amines) is 1.